The normalized spacial score (nSPS) is 26.1. The number of methoxy groups -OCH3 is 1. The van der Waals surface area contributed by atoms with Crippen LogP contribution in [0.3, 0.4) is 0 Å². The highest BCUT2D eigenvalue weighted by Crippen LogP contribution is 2.31. The molecule has 0 spiro atoms. The van der Waals surface area contributed by atoms with E-state index in [9.17, 15) is 0 Å². The van der Waals surface area contributed by atoms with Gasteiger partial charge in [-0.15, -0.1) is 0 Å². The lowest BCUT2D eigenvalue weighted by Crippen LogP contribution is -2.53. The second-order valence-electron chi connectivity index (χ2n) is 6.12. The molecule has 1 N–H and O–H groups in total. The molecular formula is C18H30N2O. The lowest BCUT2D eigenvalue weighted by atomic mass is 9.86. The molecule has 1 aromatic carbocycles. The van der Waals surface area contributed by atoms with Crippen LogP contribution >= 0.6 is 0 Å². The standard InChI is InChI=1S/C18H30N2O/c1-5-19-17-10-12-20(15(3)14(17)2)18-9-7-6-8-16(18)11-13-21-4/h6-9,14-15,17,19H,5,10-13H2,1-4H3. The number of piperidine rings is 1. The predicted octanol–water partition coefficient (Wildman–Crippen LogP) is 3.09. The summed E-state index contributed by atoms with van der Waals surface area (Å²) in [5.41, 5.74) is 2.80. The quantitative estimate of drug-likeness (QED) is 0.871. The molecule has 0 bridgehead atoms. The molecule has 3 unspecified atom stereocenters. The fourth-order valence-corrected chi connectivity index (χ4v) is 3.47. The Bertz CT molecular complexity index is 435. The number of hydrogen-bond acceptors (Lipinski definition) is 3. The van der Waals surface area contributed by atoms with Crippen LogP contribution in [-0.4, -0.2) is 38.9 Å². The van der Waals surface area contributed by atoms with Gasteiger partial charge in [0.15, 0.2) is 0 Å². The van der Waals surface area contributed by atoms with Gasteiger partial charge < -0.3 is 15.0 Å². The van der Waals surface area contributed by atoms with E-state index in [4.69, 9.17) is 4.74 Å². The summed E-state index contributed by atoms with van der Waals surface area (Å²) in [6.07, 6.45) is 2.21. The van der Waals surface area contributed by atoms with Gasteiger partial charge in [0.1, 0.15) is 0 Å². The van der Waals surface area contributed by atoms with Gasteiger partial charge in [-0.2, -0.15) is 0 Å². The highest BCUT2D eigenvalue weighted by molar-refractivity contribution is 5.55. The first-order chi connectivity index (χ1) is 10.2. The molecular weight excluding hydrogens is 260 g/mol. The number of benzene rings is 1. The third kappa shape index (κ3) is 3.78. The van der Waals surface area contributed by atoms with Gasteiger partial charge in [0, 0.05) is 31.4 Å². The van der Waals surface area contributed by atoms with Gasteiger partial charge in [0.2, 0.25) is 0 Å². The van der Waals surface area contributed by atoms with Crippen LogP contribution in [0.15, 0.2) is 24.3 Å². The van der Waals surface area contributed by atoms with Crippen molar-refractivity contribution in [1.82, 2.24) is 5.32 Å². The van der Waals surface area contributed by atoms with Crippen LogP contribution in [0, 0.1) is 5.92 Å². The van der Waals surface area contributed by atoms with E-state index < -0.39 is 0 Å². The maximum absolute atomic E-state index is 5.26. The van der Waals surface area contributed by atoms with Crippen LogP contribution in [-0.2, 0) is 11.2 Å². The van der Waals surface area contributed by atoms with Gasteiger partial charge >= 0.3 is 0 Å². The van der Waals surface area contributed by atoms with Crippen molar-refractivity contribution in [2.45, 2.75) is 45.7 Å². The molecule has 3 heteroatoms. The number of nitrogens with one attached hydrogen (secondary N) is 1. The van der Waals surface area contributed by atoms with Crippen LogP contribution in [0.1, 0.15) is 32.8 Å². The molecule has 1 saturated heterocycles. The Kier molecular flexibility index (Phi) is 6.07. The zero-order valence-corrected chi connectivity index (χ0v) is 13.9. The Balaban J connectivity index is 2.15. The molecule has 2 rings (SSSR count). The number of nitrogens with zero attached hydrogens (tertiary/aromatic N) is 1. The first-order valence-electron chi connectivity index (χ1n) is 8.25. The van der Waals surface area contributed by atoms with Gasteiger partial charge in [-0.25, -0.2) is 0 Å². The van der Waals surface area contributed by atoms with E-state index in [0.29, 0.717) is 18.0 Å². The van der Waals surface area contributed by atoms with Crippen molar-refractivity contribution in [3.05, 3.63) is 29.8 Å². The Hall–Kier alpha value is -1.06. The largest absolute Gasteiger partial charge is 0.384 e. The molecule has 0 aromatic heterocycles. The van der Waals surface area contributed by atoms with Gasteiger partial charge in [-0.1, -0.05) is 32.0 Å². The second-order valence-corrected chi connectivity index (χ2v) is 6.12. The van der Waals surface area contributed by atoms with Crippen molar-refractivity contribution in [2.75, 3.05) is 31.7 Å². The fourth-order valence-electron chi connectivity index (χ4n) is 3.47. The lowest BCUT2D eigenvalue weighted by molar-refractivity contribution is 0.202. The fraction of sp³-hybridized carbons (Fsp3) is 0.667. The first-order valence-corrected chi connectivity index (χ1v) is 8.25. The summed E-state index contributed by atoms with van der Waals surface area (Å²) >= 11 is 0. The van der Waals surface area contributed by atoms with E-state index in [1.165, 1.54) is 17.7 Å². The highest BCUT2D eigenvalue weighted by Gasteiger charge is 2.32. The highest BCUT2D eigenvalue weighted by atomic mass is 16.5. The Morgan fingerprint density at radius 3 is 2.76 bits per heavy atom. The van der Waals surface area contributed by atoms with Gasteiger partial charge in [-0.05, 0) is 43.9 Å². The minimum Gasteiger partial charge on any atom is -0.384 e. The summed E-state index contributed by atoms with van der Waals surface area (Å²) in [6.45, 7) is 9.92. The summed E-state index contributed by atoms with van der Waals surface area (Å²) < 4.78 is 5.26. The number of hydrogen-bond donors (Lipinski definition) is 1. The SMILES string of the molecule is CCNC1CCN(c2ccccc2CCOC)C(C)C1C. The van der Waals surface area contributed by atoms with E-state index in [1.807, 2.05) is 0 Å². The van der Waals surface area contributed by atoms with Crippen molar-refractivity contribution in [3.63, 3.8) is 0 Å². The molecule has 1 fully saturated rings. The molecule has 118 valence electrons. The molecule has 1 heterocycles. The number of ether oxygens (including phenoxy) is 1. The zero-order valence-electron chi connectivity index (χ0n) is 13.9. The maximum Gasteiger partial charge on any atom is 0.0503 e. The van der Waals surface area contributed by atoms with E-state index in [0.717, 1.165) is 26.1 Å². The van der Waals surface area contributed by atoms with Crippen molar-refractivity contribution in [3.8, 4) is 0 Å². The Labute approximate surface area is 129 Å². The van der Waals surface area contributed by atoms with Crippen LogP contribution in [0.4, 0.5) is 5.69 Å². The molecule has 3 nitrogen and oxygen atoms in total. The summed E-state index contributed by atoms with van der Waals surface area (Å²) in [4.78, 5) is 2.59. The van der Waals surface area contributed by atoms with E-state index in [-0.39, 0.29) is 0 Å². The molecule has 1 aliphatic rings. The smallest absolute Gasteiger partial charge is 0.0503 e. The lowest BCUT2D eigenvalue weighted by Gasteiger charge is -2.45. The Morgan fingerprint density at radius 2 is 2.05 bits per heavy atom. The van der Waals surface area contributed by atoms with Crippen molar-refractivity contribution in [2.24, 2.45) is 5.92 Å². The maximum atomic E-state index is 5.26. The first kappa shape index (κ1) is 16.3. The van der Waals surface area contributed by atoms with Crippen molar-refractivity contribution >= 4 is 5.69 Å². The predicted molar refractivity (Wildman–Crippen MR) is 90.1 cm³/mol. The summed E-state index contributed by atoms with van der Waals surface area (Å²) in [5, 5.41) is 3.64. The third-order valence-corrected chi connectivity index (χ3v) is 4.91. The third-order valence-electron chi connectivity index (χ3n) is 4.91. The molecule has 0 amide bonds. The minimum absolute atomic E-state index is 0.562. The van der Waals surface area contributed by atoms with Crippen molar-refractivity contribution in [1.29, 1.82) is 0 Å². The van der Waals surface area contributed by atoms with Crippen molar-refractivity contribution < 1.29 is 4.74 Å². The zero-order chi connectivity index (χ0) is 15.2. The van der Waals surface area contributed by atoms with Gasteiger partial charge in [-0.3, -0.25) is 0 Å². The summed E-state index contributed by atoms with van der Waals surface area (Å²) in [5.74, 6) is 0.661. The molecule has 0 radical (unpaired) electrons. The second kappa shape index (κ2) is 7.81. The monoisotopic (exact) mass is 290 g/mol. The minimum atomic E-state index is 0.562. The molecule has 3 atom stereocenters. The number of anilines is 1. The number of para-hydroxylation sites is 1. The van der Waals surface area contributed by atoms with Crippen LogP contribution in [0.2, 0.25) is 0 Å². The van der Waals surface area contributed by atoms with Gasteiger partial charge in [0.05, 0.1) is 6.61 Å². The van der Waals surface area contributed by atoms with Crippen LogP contribution < -0.4 is 10.2 Å². The Morgan fingerprint density at radius 1 is 1.29 bits per heavy atom. The van der Waals surface area contributed by atoms with E-state index >= 15 is 0 Å². The van der Waals surface area contributed by atoms with E-state index in [2.05, 4.69) is 55.3 Å². The van der Waals surface area contributed by atoms with Crippen LogP contribution in [0.25, 0.3) is 0 Å². The topological polar surface area (TPSA) is 24.5 Å². The molecule has 1 aliphatic heterocycles. The van der Waals surface area contributed by atoms with E-state index in [1.54, 1.807) is 7.11 Å². The molecule has 0 aliphatic carbocycles. The molecule has 1 aromatic rings. The van der Waals surface area contributed by atoms with Gasteiger partial charge in [0.25, 0.3) is 0 Å². The average molecular weight is 290 g/mol. The van der Waals surface area contributed by atoms with Crippen LogP contribution in [0.5, 0.6) is 0 Å². The number of rotatable bonds is 6. The molecule has 0 saturated carbocycles. The average Bonchev–Trinajstić information content (AvgIpc) is 2.51. The molecule has 21 heavy (non-hydrogen) atoms. The summed E-state index contributed by atoms with van der Waals surface area (Å²) in [7, 11) is 1.77. The summed E-state index contributed by atoms with van der Waals surface area (Å²) in [6, 6.07) is 10.00.